The number of nitriles is 1. The van der Waals surface area contributed by atoms with E-state index in [0.29, 0.717) is 12.5 Å². The van der Waals surface area contributed by atoms with Crippen LogP contribution in [0.2, 0.25) is 0 Å². The second-order valence-corrected chi connectivity index (χ2v) is 4.80. The average Bonchev–Trinajstić information content (AvgIpc) is 3.25. The Balaban J connectivity index is 1.99. The molecule has 1 aromatic heterocycles. The van der Waals surface area contributed by atoms with Crippen LogP contribution in [0.15, 0.2) is 12.1 Å². The average molecular weight is 298 g/mol. The van der Waals surface area contributed by atoms with Crippen LogP contribution in [0, 0.1) is 17.2 Å². The molecule has 21 heavy (non-hydrogen) atoms. The summed E-state index contributed by atoms with van der Waals surface area (Å²) < 4.78 is 37.7. The van der Waals surface area contributed by atoms with Gasteiger partial charge in [0.15, 0.2) is 0 Å². The van der Waals surface area contributed by atoms with Crippen molar-refractivity contribution < 1.29 is 18.0 Å². The van der Waals surface area contributed by atoms with Crippen LogP contribution in [0.5, 0.6) is 0 Å². The fourth-order valence-corrected chi connectivity index (χ4v) is 1.65. The minimum Gasteiger partial charge on any atom is -0.360 e. The van der Waals surface area contributed by atoms with Crippen molar-refractivity contribution in [3.63, 3.8) is 0 Å². The van der Waals surface area contributed by atoms with Crippen molar-refractivity contribution >= 4 is 11.7 Å². The van der Waals surface area contributed by atoms with E-state index in [1.807, 2.05) is 0 Å². The van der Waals surface area contributed by atoms with E-state index in [4.69, 9.17) is 5.26 Å². The molecule has 2 rings (SSSR count). The number of hydrogen-bond acceptors (Lipinski definition) is 4. The largest absolute Gasteiger partial charge is 0.433 e. The van der Waals surface area contributed by atoms with Crippen molar-refractivity contribution in [2.75, 3.05) is 18.4 Å². The van der Waals surface area contributed by atoms with E-state index in [2.05, 4.69) is 15.6 Å². The molecular weight excluding hydrogens is 285 g/mol. The van der Waals surface area contributed by atoms with Gasteiger partial charge in [-0.1, -0.05) is 0 Å². The highest BCUT2D eigenvalue weighted by Gasteiger charge is 2.33. The molecule has 0 spiro atoms. The first-order valence-electron chi connectivity index (χ1n) is 6.39. The molecule has 0 aromatic carbocycles. The number of aromatic nitrogens is 1. The van der Waals surface area contributed by atoms with Gasteiger partial charge in [-0.15, -0.1) is 0 Å². The van der Waals surface area contributed by atoms with E-state index in [9.17, 15) is 18.0 Å². The monoisotopic (exact) mass is 298 g/mol. The number of halogens is 3. The lowest BCUT2D eigenvalue weighted by atomic mass is 10.2. The van der Waals surface area contributed by atoms with Gasteiger partial charge in [0.25, 0.3) is 0 Å². The van der Waals surface area contributed by atoms with Gasteiger partial charge in [0.1, 0.15) is 17.6 Å². The number of carbonyl (C=O) groups is 1. The second-order valence-electron chi connectivity index (χ2n) is 4.80. The highest BCUT2D eigenvalue weighted by atomic mass is 19.4. The van der Waals surface area contributed by atoms with Crippen molar-refractivity contribution in [1.82, 2.24) is 10.3 Å². The third kappa shape index (κ3) is 4.34. The first-order valence-corrected chi connectivity index (χ1v) is 6.39. The van der Waals surface area contributed by atoms with E-state index in [0.717, 1.165) is 25.0 Å². The topological polar surface area (TPSA) is 77.8 Å². The Morgan fingerprint density at radius 2 is 2.14 bits per heavy atom. The minimum absolute atomic E-state index is 0.0435. The Kier molecular flexibility index (Phi) is 4.31. The van der Waals surface area contributed by atoms with Gasteiger partial charge in [-0.3, -0.25) is 4.79 Å². The van der Waals surface area contributed by atoms with Gasteiger partial charge < -0.3 is 10.6 Å². The minimum atomic E-state index is -4.60. The molecule has 1 saturated carbocycles. The summed E-state index contributed by atoms with van der Waals surface area (Å²) in [6.07, 6.45) is -2.43. The van der Waals surface area contributed by atoms with Gasteiger partial charge in [-0.05, 0) is 30.9 Å². The molecule has 0 atom stereocenters. The number of amides is 1. The highest BCUT2D eigenvalue weighted by Crippen LogP contribution is 2.29. The molecule has 1 heterocycles. The summed E-state index contributed by atoms with van der Waals surface area (Å²) in [5, 5.41) is 14.0. The zero-order chi connectivity index (χ0) is 15.5. The Morgan fingerprint density at radius 1 is 1.43 bits per heavy atom. The number of anilines is 1. The molecule has 0 aliphatic heterocycles. The first kappa shape index (κ1) is 15.1. The highest BCUT2D eigenvalue weighted by molar-refractivity contribution is 5.80. The predicted molar refractivity (Wildman–Crippen MR) is 68.2 cm³/mol. The fourth-order valence-electron chi connectivity index (χ4n) is 1.65. The maximum Gasteiger partial charge on any atom is 0.433 e. The number of rotatable bonds is 5. The van der Waals surface area contributed by atoms with Gasteiger partial charge in [0, 0.05) is 6.54 Å². The van der Waals surface area contributed by atoms with Crippen molar-refractivity contribution in [2.24, 2.45) is 5.92 Å². The third-order valence-electron chi connectivity index (χ3n) is 3.01. The van der Waals surface area contributed by atoms with Gasteiger partial charge >= 0.3 is 6.18 Å². The lowest BCUT2D eigenvalue weighted by molar-refractivity contribution is -0.141. The molecular formula is C13H13F3N4O. The lowest BCUT2D eigenvalue weighted by Gasteiger charge is -2.11. The number of nitrogens with one attached hydrogen (secondary N) is 2. The van der Waals surface area contributed by atoms with Crippen molar-refractivity contribution in [2.45, 2.75) is 19.0 Å². The molecule has 0 unspecified atom stereocenters. The molecule has 0 saturated heterocycles. The smallest absolute Gasteiger partial charge is 0.360 e. The van der Waals surface area contributed by atoms with Crippen LogP contribution in [-0.4, -0.2) is 24.0 Å². The van der Waals surface area contributed by atoms with E-state index >= 15 is 0 Å². The third-order valence-corrected chi connectivity index (χ3v) is 3.01. The van der Waals surface area contributed by atoms with Crippen LogP contribution >= 0.6 is 0 Å². The Hall–Kier alpha value is -2.30. The summed E-state index contributed by atoms with van der Waals surface area (Å²) in [4.78, 5) is 14.9. The summed E-state index contributed by atoms with van der Waals surface area (Å²) in [6, 6.07) is 3.50. The van der Waals surface area contributed by atoms with Crippen LogP contribution in [0.1, 0.15) is 24.1 Å². The van der Waals surface area contributed by atoms with Crippen molar-refractivity contribution in [1.29, 1.82) is 5.26 Å². The summed E-state index contributed by atoms with van der Waals surface area (Å²) in [5.41, 5.74) is -1.15. The van der Waals surface area contributed by atoms with E-state index < -0.39 is 11.9 Å². The molecule has 1 aliphatic carbocycles. The van der Waals surface area contributed by atoms with Gasteiger partial charge in [0.05, 0.1) is 12.1 Å². The Morgan fingerprint density at radius 3 is 2.71 bits per heavy atom. The summed E-state index contributed by atoms with van der Waals surface area (Å²) >= 11 is 0. The second kappa shape index (κ2) is 5.99. The summed E-state index contributed by atoms with van der Waals surface area (Å²) in [7, 11) is 0. The number of nitrogens with zero attached hydrogens (tertiary/aromatic N) is 2. The van der Waals surface area contributed by atoms with Crippen LogP contribution in [0.25, 0.3) is 0 Å². The van der Waals surface area contributed by atoms with Gasteiger partial charge in [-0.25, -0.2) is 4.98 Å². The molecule has 0 radical (unpaired) electrons. The molecule has 1 aliphatic rings. The van der Waals surface area contributed by atoms with E-state index in [-0.39, 0.29) is 23.8 Å². The first-order chi connectivity index (χ1) is 9.90. The van der Waals surface area contributed by atoms with Crippen LogP contribution in [0.4, 0.5) is 19.0 Å². The number of pyridine rings is 1. The molecule has 1 amide bonds. The van der Waals surface area contributed by atoms with Gasteiger partial charge in [-0.2, -0.15) is 18.4 Å². The number of alkyl halides is 3. The maximum atomic E-state index is 12.6. The predicted octanol–water partition coefficient (Wildman–Crippen LogP) is 1.91. The van der Waals surface area contributed by atoms with E-state index in [1.54, 1.807) is 6.07 Å². The molecule has 2 N–H and O–H groups in total. The molecule has 1 fully saturated rings. The Labute approximate surface area is 119 Å². The number of hydrogen-bond donors (Lipinski definition) is 2. The summed E-state index contributed by atoms with van der Waals surface area (Å²) in [6.45, 7) is 0.345. The SMILES string of the molecule is N#Cc1ccc(C(F)(F)F)nc1NCC(=O)NCC1CC1. The zero-order valence-corrected chi connectivity index (χ0v) is 11.0. The molecule has 8 heteroatoms. The quantitative estimate of drug-likeness (QED) is 0.870. The van der Waals surface area contributed by atoms with Crippen molar-refractivity contribution in [3.05, 3.63) is 23.4 Å². The molecule has 5 nitrogen and oxygen atoms in total. The Bertz CT molecular complexity index is 576. The van der Waals surface area contributed by atoms with Crippen LogP contribution < -0.4 is 10.6 Å². The molecule has 112 valence electrons. The molecule has 0 bridgehead atoms. The van der Waals surface area contributed by atoms with E-state index in [1.165, 1.54) is 0 Å². The van der Waals surface area contributed by atoms with Crippen LogP contribution in [0.3, 0.4) is 0 Å². The lowest BCUT2D eigenvalue weighted by Crippen LogP contribution is -2.31. The normalized spacial score (nSPS) is 14.4. The fraction of sp³-hybridized carbons (Fsp3) is 0.462. The maximum absolute atomic E-state index is 12.6. The zero-order valence-electron chi connectivity index (χ0n) is 11.0. The van der Waals surface area contributed by atoms with Crippen molar-refractivity contribution in [3.8, 4) is 6.07 Å². The molecule has 1 aromatic rings. The van der Waals surface area contributed by atoms with Crippen LogP contribution in [-0.2, 0) is 11.0 Å². The standard InChI is InChI=1S/C13H13F3N4O/c14-13(15,16)10-4-3-9(5-17)12(20-10)19-7-11(21)18-6-8-1-2-8/h3-4,8H,1-2,6-7H2,(H,18,21)(H,19,20). The summed E-state index contributed by atoms with van der Waals surface area (Å²) in [5.74, 6) is -0.0748. The number of carbonyl (C=O) groups excluding carboxylic acids is 1. The van der Waals surface area contributed by atoms with Gasteiger partial charge in [0.2, 0.25) is 5.91 Å².